The molecule has 11 heavy (non-hydrogen) atoms. The van der Waals surface area contributed by atoms with Crippen LogP contribution in [0, 0.1) is 0 Å². The van der Waals surface area contributed by atoms with E-state index in [4.69, 9.17) is 4.74 Å². The summed E-state index contributed by atoms with van der Waals surface area (Å²) >= 11 is 0. The molecule has 0 N–H and O–H groups in total. The highest BCUT2D eigenvalue weighted by Crippen LogP contribution is 2.53. The summed E-state index contributed by atoms with van der Waals surface area (Å²) in [5, 5.41) is 0. The minimum atomic E-state index is 0.206. The monoisotopic (exact) mass is 156 g/mol. The van der Waals surface area contributed by atoms with E-state index in [1.54, 1.807) is 0 Å². The van der Waals surface area contributed by atoms with Crippen LogP contribution in [0.25, 0.3) is 0 Å². The molecule has 0 amide bonds. The molecule has 1 heterocycles. The molecule has 0 aromatic heterocycles. The van der Waals surface area contributed by atoms with Crippen LogP contribution in [0.5, 0.6) is 0 Å². The number of hydrogen-bond acceptors (Lipinski definition) is 1. The second-order valence-corrected chi connectivity index (χ2v) is 4.06. The fourth-order valence-corrected chi connectivity index (χ4v) is 2.06. The van der Waals surface area contributed by atoms with Crippen LogP contribution in [0.4, 0.5) is 0 Å². The largest absolute Gasteiger partial charge is 0.363 e. The quantitative estimate of drug-likeness (QED) is 0.570. The van der Waals surface area contributed by atoms with Crippen LogP contribution in [0.2, 0.25) is 0 Å². The van der Waals surface area contributed by atoms with Crippen LogP contribution in [0.1, 0.15) is 53.4 Å². The van der Waals surface area contributed by atoms with Gasteiger partial charge in [0.25, 0.3) is 0 Å². The molecule has 0 radical (unpaired) electrons. The summed E-state index contributed by atoms with van der Waals surface area (Å²) in [4.78, 5) is 0. The van der Waals surface area contributed by atoms with E-state index in [0.717, 1.165) is 0 Å². The van der Waals surface area contributed by atoms with Gasteiger partial charge < -0.3 is 4.74 Å². The SMILES string of the molecule is CCCC1(C)OC1(C)CCC. The lowest BCUT2D eigenvalue weighted by Crippen LogP contribution is -2.19. The Morgan fingerprint density at radius 2 is 1.27 bits per heavy atom. The summed E-state index contributed by atoms with van der Waals surface area (Å²) in [6.07, 6.45) is 4.89. The number of epoxide rings is 1. The zero-order chi connectivity index (χ0) is 8.54. The van der Waals surface area contributed by atoms with Crippen molar-refractivity contribution in [3.63, 3.8) is 0 Å². The molecule has 1 fully saturated rings. The standard InChI is InChI=1S/C10H20O/c1-5-7-9(3)10(4,11-9)8-6-2/h5-8H2,1-4H3. The highest BCUT2D eigenvalue weighted by atomic mass is 16.6. The Balaban J connectivity index is 2.42. The lowest BCUT2D eigenvalue weighted by molar-refractivity contribution is 0.263. The molecule has 0 bridgehead atoms. The van der Waals surface area contributed by atoms with Crippen LogP contribution in [-0.2, 0) is 4.74 Å². The fraction of sp³-hybridized carbons (Fsp3) is 1.00. The van der Waals surface area contributed by atoms with Gasteiger partial charge >= 0.3 is 0 Å². The maximum atomic E-state index is 5.77. The van der Waals surface area contributed by atoms with Gasteiger partial charge in [0.05, 0.1) is 11.2 Å². The average molecular weight is 156 g/mol. The van der Waals surface area contributed by atoms with Gasteiger partial charge in [-0.1, -0.05) is 26.7 Å². The molecule has 1 aliphatic rings. The minimum absolute atomic E-state index is 0.206. The first-order valence-corrected chi connectivity index (χ1v) is 4.78. The Labute approximate surface area is 70.1 Å². The molecule has 1 saturated heterocycles. The predicted molar refractivity (Wildman–Crippen MR) is 47.7 cm³/mol. The maximum absolute atomic E-state index is 5.77. The summed E-state index contributed by atoms with van der Waals surface area (Å²) in [5.41, 5.74) is 0.412. The Morgan fingerprint density at radius 1 is 0.909 bits per heavy atom. The van der Waals surface area contributed by atoms with E-state index in [1.165, 1.54) is 25.7 Å². The van der Waals surface area contributed by atoms with Crippen molar-refractivity contribution in [1.82, 2.24) is 0 Å². The van der Waals surface area contributed by atoms with Gasteiger partial charge in [-0.3, -0.25) is 0 Å². The van der Waals surface area contributed by atoms with E-state index in [9.17, 15) is 0 Å². The molecule has 2 unspecified atom stereocenters. The van der Waals surface area contributed by atoms with E-state index in [-0.39, 0.29) is 11.2 Å². The molecule has 0 aliphatic carbocycles. The van der Waals surface area contributed by atoms with Gasteiger partial charge in [0, 0.05) is 0 Å². The second kappa shape index (κ2) is 2.78. The van der Waals surface area contributed by atoms with Crippen LogP contribution in [0.3, 0.4) is 0 Å². The maximum Gasteiger partial charge on any atom is 0.0949 e. The molecular formula is C10H20O. The smallest absolute Gasteiger partial charge is 0.0949 e. The molecule has 0 aromatic carbocycles. The normalized spacial score (nSPS) is 42.5. The van der Waals surface area contributed by atoms with E-state index >= 15 is 0 Å². The van der Waals surface area contributed by atoms with Crippen LogP contribution < -0.4 is 0 Å². The highest BCUT2D eigenvalue weighted by Gasteiger charge is 2.61. The number of hydrogen-bond donors (Lipinski definition) is 0. The minimum Gasteiger partial charge on any atom is -0.363 e. The lowest BCUT2D eigenvalue weighted by atomic mass is 9.89. The summed E-state index contributed by atoms with van der Waals surface area (Å²) in [7, 11) is 0. The van der Waals surface area contributed by atoms with E-state index in [2.05, 4.69) is 27.7 Å². The molecule has 1 aliphatic heterocycles. The fourth-order valence-electron chi connectivity index (χ4n) is 2.06. The Morgan fingerprint density at radius 3 is 1.55 bits per heavy atom. The topological polar surface area (TPSA) is 12.5 Å². The Kier molecular flexibility index (Phi) is 2.29. The third-order valence-corrected chi connectivity index (χ3v) is 2.98. The van der Waals surface area contributed by atoms with E-state index < -0.39 is 0 Å². The zero-order valence-corrected chi connectivity index (χ0v) is 8.24. The van der Waals surface area contributed by atoms with Gasteiger partial charge in [-0.25, -0.2) is 0 Å². The Hall–Kier alpha value is -0.0400. The summed E-state index contributed by atoms with van der Waals surface area (Å²) in [5.74, 6) is 0. The molecule has 1 rings (SSSR count). The molecule has 66 valence electrons. The molecule has 1 nitrogen and oxygen atoms in total. The first kappa shape index (κ1) is 9.05. The first-order chi connectivity index (χ1) is 5.08. The molecule has 0 aromatic rings. The molecule has 0 spiro atoms. The van der Waals surface area contributed by atoms with Crippen molar-refractivity contribution >= 4 is 0 Å². The van der Waals surface area contributed by atoms with Gasteiger partial charge in [0.15, 0.2) is 0 Å². The van der Waals surface area contributed by atoms with Crippen molar-refractivity contribution in [2.75, 3.05) is 0 Å². The van der Waals surface area contributed by atoms with Crippen molar-refractivity contribution < 1.29 is 4.74 Å². The third-order valence-electron chi connectivity index (χ3n) is 2.98. The number of ether oxygens (including phenoxy) is 1. The van der Waals surface area contributed by atoms with Crippen molar-refractivity contribution in [2.24, 2.45) is 0 Å². The summed E-state index contributed by atoms with van der Waals surface area (Å²) in [6, 6.07) is 0. The first-order valence-electron chi connectivity index (χ1n) is 4.78. The number of rotatable bonds is 4. The van der Waals surface area contributed by atoms with Gasteiger partial charge in [-0.2, -0.15) is 0 Å². The predicted octanol–water partition coefficient (Wildman–Crippen LogP) is 3.13. The molecular weight excluding hydrogens is 136 g/mol. The van der Waals surface area contributed by atoms with Gasteiger partial charge in [0.2, 0.25) is 0 Å². The van der Waals surface area contributed by atoms with Gasteiger partial charge in [-0.15, -0.1) is 0 Å². The van der Waals surface area contributed by atoms with Crippen molar-refractivity contribution in [1.29, 1.82) is 0 Å². The zero-order valence-electron chi connectivity index (χ0n) is 8.24. The van der Waals surface area contributed by atoms with Crippen LogP contribution in [0.15, 0.2) is 0 Å². The van der Waals surface area contributed by atoms with Crippen molar-refractivity contribution in [3.05, 3.63) is 0 Å². The second-order valence-electron chi connectivity index (χ2n) is 4.06. The highest BCUT2D eigenvalue weighted by molar-refractivity contribution is 5.09. The Bertz CT molecular complexity index is 128. The molecule has 2 atom stereocenters. The average Bonchev–Trinajstić information content (AvgIpc) is 2.36. The van der Waals surface area contributed by atoms with Gasteiger partial charge in [0.1, 0.15) is 0 Å². The van der Waals surface area contributed by atoms with Crippen LogP contribution >= 0.6 is 0 Å². The van der Waals surface area contributed by atoms with Crippen molar-refractivity contribution in [3.8, 4) is 0 Å². The molecule has 0 saturated carbocycles. The third kappa shape index (κ3) is 1.44. The summed E-state index contributed by atoms with van der Waals surface area (Å²) < 4.78 is 5.77. The van der Waals surface area contributed by atoms with Gasteiger partial charge in [-0.05, 0) is 26.7 Å². The van der Waals surface area contributed by atoms with E-state index in [1.807, 2.05) is 0 Å². The summed E-state index contributed by atoms with van der Waals surface area (Å²) in [6.45, 7) is 8.93. The lowest BCUT2D eigenvalue weighted by Gasteiger charge is -2.09. The van der Waals surface area contributed by atoms with Crippen LogP contribution in [-0.4, -0.2) is 11.2 Å². The van der Waals surface area contributed by atoms with Crippen molar-refractivity contribution in [2.45, 2.75) is 64.6 Å². The van der Waals surface area contributed by atoms with E-state index in [0.29, 0.717) is 0 Å². The molecule has 1 heteroatoms.